The van der Waals surface area contributed by atoms with E-state index in [0.29, 0.717) is 12.8 Å². The molecule has 1 rings (SSSR count). The van der Waals surface area contributed by atoms with Crippen LogP contribution in [-0.4, -0.2) is 22.2 Å². The number of para-hydroxylation sites is 1. The summed E-state index contributed by atoms with van der Waals surface area (Å²) in [6.45, 7) is 1.91. The van der Waals surface area contributed by atoms with Crippen molar-refractivity contribution in [2.24, 2.45) is 0 Å². The molecule has 0 aromatic heterocycles. The molecule has 0 saturated heterocycles. The Bertz CT molecular complexity index is 448. The van der Waals surface area contributed by atoms with Gasteiger partial charge >= 0.3 is 0 Å². The number of hydrogen-bond donors (Lipinski definition) is 3. The Kier molecular flexibility index (Phi) is 4.41. The molecule has 0 aliphatic carbocycles. The summed E-state index contributed by atoms with van der Waals surface area (Å²) >= 11 is 0. The van der Waals surface area contributed by atoms with E-state index < -0.39 is 11.7 Å². The maximum atomic E-state index is 11.8. The molecule has 0 bridgehead atoms. The van der Waals surface area contributed by atoms with Crippen LogP contribution in [-0.2, 0) is 0 Å². The predicted octanol–water partition coefficient (Wildman–Crippen LogP) is 1.63. The number of phenols is 2. The van der Waals surface area contributed by atoms with Gasteiger partial charge < -0.3 is 15.5 Å². The molecule has 1 aromatic rings. The van der Waals surface area contributed by atoms with Crippen molar-refractivity contribution in [1.29, 1.82) is 0 Å². The summed E-state index contributed by atoms with van der Waals surface area (Å²) in [7, 11) is 0. The van der Waals surface area contributed by atoms with Crippen LogP contribution in [0.25, 0.3) is 0 Å². The minimum atomic E-state index is -0.444. The number of amides is 1. The van der Waals surface area contributed by atoms with Crippen molar-refractivity contribution in [1.82, 2.24) is 5.32 Å². The first-order valence-electron chi connectivity index (χ1n) is 5.35. The molecule has 4 heteroatoms. The summed E-state index contributed by atoms with van der Waals surface area (Å²) in [4.78, 5) is 11.8. The summed E-state index contributed by atoms with van der Waals surface area (Å²) in [5.74, 6) is 1.30. The highest BCUT2D eigenvalue weighted by Crippen LogP contribution is 2.28. The van der Waals surface area contributed by atoms with E-state index in [4.69, 9.17) is 6.42 Å². The van der Waals surface area contributed by atoms with Gasteiger partial charge in [0.2, 0.25) is 0 Å². The quantitative estimate of drug-likeness (QED) is 0.547. The fourth-order valence-electron chi connectivity index (χ4n) is 1.42. The van der Waals surface area contributed by atoms with E-state index in [0.717, 1.165) is 0 Å². The minimum absolute atomic E-state index is 0.0421. The number of phenolic OH excluding ortho intramolecular Hbond substituents is 2. The summed E-state index contributed by atoms with van der Waals surface area (Å²) in [6, 6.07) is 4.11. The highest BCUT2D eigenvalue weighted by Gasteiger charge is 2.16. The van der Waals surface area contributed by atoms with Crippen molar-refractivity contribution in [3.05, 3.63) is 23.8 Å². The molecule has 1 unspecified atom stereocenters. The standard InChI is InChI=1S/C13H15NO3/c1-3-6-9(4-2)14-13(17)10-7-5-8-11(15)12(10)16/h1,5,7-9,15-16H,4,6H2,2H3,(H,14,17). The lowest BCUT2D eigenvalue weighted by molar-refractivity contribution is 0.0933. The van der Waals surface area contributed by atoms with E-state index in [1.807, 2.05) is 6.92 Å². The monoisotopic (exact) mass is 233 g/mol. The first-order valence-corrected chi connectivity index (χ1v) is 5.35. The molecule has 0 aliphatic rings. The largest absolute Gasteiger partial charge is 0.504 e. The second kappa shape index (κ2) is 5.80. The molecule has 90 valence electrons. The molecule has 17 heavy (non-hydrogen) atoms. The van der Waals surface area contributed by atoms with Gasteiger partial charge in [0.15, 0.2) is 11.5 Å². The number of nitrogens with one attached hydrogen (secondary N) is 1. The first-order chi connectivity index (χ1) is 8.10. The fourth-order valence-corrected chi connectivity index (χ4v) is 1.42. The Balaban J connectivity index is 2.83. The van der Waals surface area contributed by atoms with E-state index in [2.05, 4.69) is 11.2 Å². The van der Waals surface area contributed by atoms with E-state index in [1.165, 1.54) is 18.2 Å². The lowest BCUT2D eigenvalue weighted by atomic mass is 10.1. The van der Waals surface area contributed by atoms with Gasteiger partial charge in [0, 0.05) is 12.5 Å². The van der Waals surface area contributed by atoms with Crippen LogP contribution >= 0.6 is 0 Å². The summed E-state index contributed by atoms with van der Waals surface area (Å²) < 4.78 is 0. The zero-order valence-electron chi connectivity index (χ0n) is 9.60. The van der Waals surface area contributed by atoms with Gasteiger partial charge in [-0.15, -0.1) is 12.3 Å². The number of aromatic hydroxyl groups is 2. The maximum absolute atomic E-state index is 11.8. The molecule has 0 saturated carbocycles. The number of terminal acetylenes is 1. The number of hydrogen-bond acceptors (Lipinski definition) is 3. The van der Waals surface area contributed by atoms with Crippen LogP contribution in [0.2, 0.25) is 0 Å². The molecule has 1 atom stereocenters. The second-order valence-electron chi connectivity index (χ2n) is 3.66. The molecule has 0 fully saturated rings. The van der Waals surface area contributed by atoms with E-state index >= 15 is 0 Å². The van der Waals surface area contributed by atoms with Crippen molar-refractivity contribution in [2.75, 3.05) is 0 Å². The highest BCUT2D eigenvalue weighted by molar-refractivity contribution is 5.97. The Hall–Kier alpha value is -2.15. The molecule has 3 N–H and O–H groups in total. The molecule has 0 radical (unpaired) electrons. The van der Waals surface area contributed by atoms with Gasteiger partial charge in [0.05, 0.1) is 5.56 Å². The maximum Gasteiger partial charge on any atom is 0.255 e. The third-order valence-electron chi connectivity index (χ3n) is 2.45. The molecule has 0 spiro atoms. The molecule has 0 heterocycles. The molecule has 1 aromatic carbocycles. The molecule has 4 nitrogen and oxygen atoms in total. The SMILES string of the molecule is C#CCC(CC)NC(=O)c1cccc(O)c1O. The number of carbonyl (C=O) groups excluding carboxylic acids is 1. The third kappa shape index (κ3) is 3.15. The first kappa shape index (κ1) is 12.9. The van der Waals surface area contributed by atoms with E-state index in [1.54, 1.807) is 0 Å². The summed E-state index contributed by atoms with van der Waals surface area (Å²) in [6.07, 6.45) is 6.32. The smallest absolute Gasteiger partial charge is 0.255 e. The second-order valence-corrected chi connectivity index (χ2v) is 3.66. The lowest BCUT2D eigenvalue weighted by Crippen LogP contribution is -2.34. The van der Waals surface area contributed by atoms with Crippen molar-refractivity contribution in [2.45, 2.75) is 25.8 Å². The highest BCUT2D eigenvalue weighted by atomic mass is 16.3. The molecular weight excluding hydrogens is 218 g/mol. The van der Waals surface area contributed by atoms with Crippen LogP contribution in [0.5, 0.6) is 11.5 Å². The number of carbonyl (C=O) groups is 1. The summed E-state index contributed by atoms with van der Waals surface area (Å²) in [5.41, 5.74) is 0.0421. The van der Waals surface area contributed by atoms with Gasteiger partial charge in [0.1, 0.15) is 0 Å². The van der Waals surface area contributed by atoms with Gasteiger partial charge in [-0.2, -0.15) is 0 Å². The predicted molar refractivity (Wildman–Crippen MR) is 64.8 cm³/mol. The van der Waals surface area contributed by atoms with E-state index in [-0.39, 0.29) is 17.4 Å². The van der Waals surface area contributed by atoms with Crippen LogP contribution in [0.4, 0.5) is 0 Å². The number of rotatable bonds is 4. The van der Waals surface area contributed by atoms with Crippen LogP contribution in [0.15, 0.2) is 18.2 Å². The van der Waals surface area contributed by atoms with Crippen LogP contribution in [0.3, 0.4) is 0 Å². The summed E-state index contributed by atoms with van der Waals surface area (Å²) in [5, 5.41) is 21.5. The molecular formula is C13H15NO3. The van der Waals surface area contributed by atoms with E-state index in [9.17, 15) is 15.0 Å². The Morgan fingerprint density at radius 1 is 1.53 bits per heavy atom. The van der Waals surface area contributed by atoms with Crippen LogP contribution in [0, 0.1) is 12.3 Å². The normalized spacial score (nSPS) is 11.5. The lowest BCUT2D eigenvalue weighted by Gasteiger charge is -2.14. The Morgan fingerprint density at radius 3 is 2.82 bits per heavy atom. The van der Waals surface area contributed by atoms with Gasteiger partial charge in [-0.3, -0.25) is 4.79 Å². The average molecular weight is 233 g/mol. The van der Waals surface area contributed by atoms with Gasteiger partial charge in [-0.25, -0.2) is 0 Å². The van der Waals surface area contributed by atoms with Crippen molar-refractivity contribution < 1.29 is 15.0 Å². The Morgan fingerprint density at radius 2 is 2.24 bits per heavy atom. The molecule has 1 amide bonds. The Labute approximate surface area is 100 Å². The zero-order chi connectivity index (χ0) is 12.8. The van der Waals surface area contributed by atoms with Crippen molar-refractivity contribution in [3.63, 3.8) is 0 Å². The fraction of sp³-hybridized carbons (Fsp3) is 0.308. The average Bonchev–Trinajstić information content (AvgIpc) is 2.31. The van der Waals surface area contributed by atoms with Gasteiger partial charge in [-0.05, 0) is 18.6 Å². The molecule has 0 aliphatic heterocycles. The number of benzene rings is 1. The van der Waals surface area contributed by atoms with Crippen LogP contribution < -0.4 is 5.32 Å². The van der Waals surface area contributed by atoms with Crippen LogP contribution in [0.1, 0.15) is 30.1 Å². The zero-order valence-corrected chi connectivity index (χ0v) is 9.60. The minimum Gasteiger partial charge on any atom is -0.504 e. The van der Waals surface area contributed by atoms with Crippen molar-refractivity contribution in [3.8, 4) is 23.8 Å². The topological polar surface area (TPSA) is 69.6 Å². The third-order valence-corrected chi connectivity index (χ3v) is 2.45. The van der Waals surface area contributed by atoms with Gasteiger partial charge in [0.25, 0.3) is 5.91 Å². The van der Waals surface area contributed by atoms with Gasteiger partial charge in [-0.1, -0.05) is 13.0 Å². The van der Waals surface area contributed by atoms with Crippen molar-refractivity contribution >= 4 is 5.91 Å².